The highest BCUT2D eigenvalue weighted by Gasteiger charge is 2.28. The number of nitrogens with one attached hydrogen (secondary N) is 1. The van der Waals surface area contributed by atoms with E-state index < -0.39 is 0 Å². The zero-order valence-electron chi connectivity index (χ0n) is 9.48. The predicted octanol–water partition coefficient (Wildman–Crippen LogP) is 1.29. The molecule has 1 saturated heterocycles. The fraction of sp³-hybridized carbons (Fsp3) is 0.583. The molecule has 15 heavy (non-hydrogen) atoms. The van der Waals surface area contributed by atoms with Gasteiger partial charge in [-0.25, -0.2) is 0 Å². The lowest BCUT2D eigenvalue weighted by molar-refractivity contribution is 0.218. The third-order valence-corrected chi connectivity index (χ3v) is 3.09. The molecule has 1 fully saturated rings. The second-order valence-corrected chi connectivity index (χ2v) is 4.42. The molecule has 0 bridgehead atoms. The van der Waals surface area contributed by atoms with Crippen LogP contribution in [0.4, 0.5) is 0 Å². The van der Waals surface area contributed by atoms with Gasteiger partial charge in [-0.1, -0.05) is 6.07 Å². The first-order valence-corrected chi connectivity index (χ1v) is 5.57. The van der Waals surface area contributed by atoms with Gasteiger partial charge in [0, 0.05) is 6.20 Å². The van der Waals surface area contributed by atoms with Crippen molar-refractivity contribution < 1.29 is 0 Å². The summed E-state index contributed by atoms with van der Waals surface area (Å²) in [7, 11) is 4.27. The minimum Gasteiger partial charge on any atom is -0.316 e. The molecule has 1 aromatic heterocycles. The predicted molar refractivity (Wildman–Crippen MR) is 61.6 cm³/mol. The fourth-order valence-electron chi connectivity index (χ4n) is 2.43. The van der Waals surface area contributed by atoms with Crippen LogP contribution in [0.15, 0.2) is 24.4 Å². The standard InChI is InChI=1S/C12H19N3/c1-15(2)12(10-6-8-13-9-10)11-5-3-4-7-14-11/h3-5,7,10,12-13H,6,8-9H2,1-2H3. The number of pyridine rings is 1. The number of hydrogen-bond acceptors (Lipinski definition) is 3. The minimum absolute atomic E-state index is 0.446. The van der Waals surface area contributed by atoms with E-state index in [1.165, 1.54) is 12.1 Å². The van der Waals surface area contributed by atoms with Crippen molar-refractivity contribution in [2.75, 3.05) is 27.2 Å². The molecule has 2 rings (SSSR count). The van der Waals surface area contributed by atoms with E-state index >= 15 is 0 Å². The van der Waals surface area contributed by atoms with E-state index in [0.29, 0.717) is 12.0 Å². The molecule has 1 N–H and O–H groups in total. The molecule has 2 atom stereocenters. The van der Waals surface area contributed by atoms with Crippen molar-refractivity contribution in [1.29, 1.82) is 0 Å². The summed E-state index contributed by atoms with van der Waals surface area (Å²) in [6.45, 7) is 2.25. The molecule has 0 radical (unpaired) electrons. The molecule has 1 aliphatic heterocycles. The Morgan fingerprint density at radius 2 is 2.33 bits per heavy atom. The topological polar surface area (TPSA) is 28.2 Å². The van der Waals surface area contributed by atoms with Crippen molar-refractivity contribution in [3.05, 3.63) is 30.1 Å². The Morgan fingerprint density at radius 3 is 2.87 bits per heavy atom. The van der Waals surface area contributed by atoms with Crippen molar-refractivity contribution in [1.82, 2.24) is 15.2 Å². The average Bonchev–Trinajstić information content (AvgIpc) is 2.72. The van der Waals surface area contributed by atoms with Crippen LogP contribution in [-0.2, 0) is 0 Å². The largest absolute Gasteiger partial charge is 0.316 e. The molecular formula is C12H19N3. The van der Waals surface area contributed by atoms with Crippen LogP contribution in [0.1, 0.15) is 18.2 Å². The van der Waals surface area contributed by atoms with Gasteiger partial charge in [0.2, 0.25) is 0 Å². The van der Waals surface area contributed by atoms with Gasteiger partial charge in [-0.2, -0.15) is 0 Å². The van der Waals surface area contributed by atoms with Crippen LogP contribution in [0.5, 0.6) is 0 Å². The van der Waals surface area contributed by atoms with Gasteiger partial charge >= 0.3 is 0 Å². The summed E-state index contributed by atoms with van der Waals surface area (Å²) in [5, 5.41) is 3.42. The highest BCUT2D eigenvalue weighted by atomic mass is 15.1. The van der Waals surface area contributed by atoms with E-state index in [0.717, 1.165) is 13.1 Å². The second-order valence-electron chi connectivity index (χ2n) is 4.42. The first-order valence-electron chi connectivity index (χ1n) is 5.57. The Labute approximate surface area is 91.5 Å². The summed E-state index contributed by atoms with van der Waals surface area (Å²) < 4.78 is 0. The molecule has 2 unspecified atom stereocenters. The zero-order chi connectivity index (χ0) is 10.7. The first kappa shape index (κ1) is 10.6. The average molecular weight is 205 g/mol. The van der Waals surface area contributed by atoms with Crippen molar-refractivity contribution in [2.45, 2.75) is 12.5 Å². The quantitative estimate of drug-likeness (QED) is 0.806. The maximum atomic E-state index is 4.48. The molecule has 82 valence electrons. The molecule has 1 aliphatic rings. The fourth-order valence-corrected chi connectivity index (χ4v) is 2.43. The van der Waals surface area contributed by atoms with Gasteiger partial charge in [-0.3, -0.25) is 4.98 Å². The lowest BCUT2D eigenvalue weighted by Crippen LogP contribution is -2.29. The van der Waals surface area contributed by atoms with Crippen LogP contribution in [0.3, 0.4) is 0 Å². The summed E-state index contributed by atoms with van der Waals surface area (Å²) in [6.07, 6.45) is 3.13. The molecule has 3 nitrogen and oxygen atoms in total. The Morgan fingerprint density at radius 1 is 1.47 bits per heavy atom. The SMILES string of the molecule is CN(C)C(c1ccccn1)C1CCNC1. The van der Waals surface area contributed by atoms with E-state index in [1.54, 1.807) is 0 Å². The molecule has 0 spiro atoms. The Kier molecular flexibility index (Phi) is 3.34. The van der Waals surface area contributed by atoms with Crippen LogP contribution in [-0.4, -0.2) is 37.1 Å². The van der Waals surface area contributed by atoms with Crippen LogP contribution in [0, 0.1) is 5.92 Å². The van der Waals surface area contributed by atoms with Crippen LogP contribution < -0.4 is 5.32 Å². The third-order valence-electron chi connectivity index (χ3n) is 3.09. The van der Waals surface area contributed by atoms with E-state index in [9.17, 15) is 0 Å². The van der Waals surface area contributed by atoms with Crippen molar-refractivity contribution in [2.24, 2.45) is 5.92 Å². The minimum atomic E-state index is 0.446. The van der Waals surface area contributed by atoms with Crippen LogP contribution in [0.25, 0.3) is 0 Å². The van der Waals surface area contributed by atoms with Crippen molar-refractivity contribution >= 4 is 0 Å². The van der Waals surface area contributed by atoms with Crippen LogP contribution in [0.2, 0.25) is 0 Å². The summed E-state index contributed by atoms with van der Waals surface area (Å²) in [4.78, 5) is 6.75. The van der Waals surface area contributed by atoms with Crippen LogP contribution >= 0.6 is 0 Å². The van der Waals surface area contributed by atoms with E-state index in [4.69, 9.17) is 0 Å². The second kappa shape index (κ2) is 4.73. The van der Waals surface area contributed by atoms with Gasteiger partial charge < -0.3 is 10.2 Å². The van der Waals surface area contributed by atoms with E-state index in [-0.39, 0.29) is 0 Å². The Balaban J connectivity index is 2.19. The maximum Gasteiger partial charge on any atom is 0.0578 e. The van der Waals surface area contributed by atoms with Gasteiger partial charge in [0.25, 0.3) is 0 Å². The Bertz CT molecular complexity index is 291. The molecule has 0 aromatic carbocycles. The molecule has 2 heterocycles. The lowest BCUT2D eigenvalue weighted by atomic mass is 9.95. The summed E-state index contributed by atoms with van der Waals surface area (Å²) in [5.41, 5.74) is 1.19. The lowest BCUT2D eigenvalue weighted by Gasteiger charge is -2.28. The number of aromatic nitrogens is 1. The zero-order valence-corrected chi connectivity index (χ0v) is 9.48. The molecule has 0 saturated carbocycles. The highest BCUT2D eigenvalue weighted by Crippen LogP contribution is 2.29. The van der Waals surface area contributed by atoms with Crippen molar-refractivity contribution in [3.8, 4) is 0 Å². The van der Waals surface area contributed by atoms with Gasteiger partial charge in [-0.05, 0) is 51.7 Å². The summed E-state index contributed by atoms with van der Waals surface area (Å²) in [6, 6.07) is 6.62. The monoisotopic (exact) mass is 205 g/mol. The highest BCUT2D eigenvalue weighted by molar-refractivity contribution is 5.10. The molecule has 1 aromatic rings. The molecule has 0 amide bonds. The molecular weight excluding hydrogens is 186 g/mol. The van der Waals surface area contributed by atoms with Gasteiger partial charge in [0.05, 0.1) is 11.7 Å². The van der Waals surface area contributed by atoms with E-state index in [2.05, 4.69) is 41.4 Å². The van der Waals surface area contributed by atoms with Gasteiger partial charge in [0.15, 0.2) is 0 Å². The number of rotatable bonds is 3. The normalized spacial score (nSPS) is 23.3. The number of hydrogen-bond donors (Lipinski definition) is 1. The van der Waals surface area contributed by atoms with Crippen molar-refractivity contribution in [3.63, 3.8) is 0 Å². The smallest absolute Gasteiger partial charge is 0.0578 e. The van der Waals surface area contributed by atoms with E-state index in [1.807, 2.05) is 12.3 Å². The molecule has 0 aliphatic carbocycles. The maximum absolute atomic E-state index is 4.48. The summed E-state index contributed by atoms with van der Waals surface area (Å²) >= 11 is 0. The van der Waals surface area contributed by atoms with Gasteiger partial charge in [-0.15, -0.1) is 0 Å². The van der Waals surface area contributed by atoms with Gasteiger partial charge in [0.1, 0.15) is 0 Å². The summed E-state index contributed by atoms with van der Waals surface area (Å²) in [5.74, 6) is 0.690. The Hall–Kier alpha value is -0.930. The number of nitrogens with zero attached hydrogens (tertiary/aromatic N) is 2. The molecule has 3 heteroatoms. The third kappa shape index (κ3) is 2.36. The first-order chi connectivity index (χ1) is 7.29.